The Labute approximate surface area is 122 Å². The lowest BCUT2D eigenvalue weighted by molar-refractivity contribution is -0.384. The molecule has 0 saturated heterocycles. The van der Waals surface area contributed by atoms with E-state index < -0.39 is 4.92 Å². The molecule has 4 nitrogen and oxygen atoms in total. The predicted molar refractivity (Wildman–Crippen MR) is 81.2 cm³/mol. The van der Waals surface area contributed by atoms with E-state index >= 15 is 0 Å². The SMILES string of the molecule is CCC(Nc1ccc([N+](=O)[O-])cc1)c1cccc(Cl)c1. The summed E-state index contributed by atoms with van der Waals surface area (Å²) >= 11 is 6.00. The van der Waals surface area contributed by atoms with Crippen LogP contribution in [0.15, 0.2) is 48.5 Å². The van der Waals surface area contributed by atoms with Gasteiger partial charge in [0.05, 0.1) is 11.0 Å². The molecular formula is C15H15ClN2O2. The fraction of sp³-hybridized carbons (Fsp3) is 0.200. The lowest BCUT2D eigenvalue weighted by Gasteiger charge is -2.19. The van der Waals surface area contributed by atoms with Crippen LogP contribution in [0.4, 0.5) is 11.4 Å². The van der Waals surface area contributed by atoms with Crippen LogP contribution in [0.3, 0.4) is 0 Å². The Morgan fingerprint density at radius 3 is 2.50 bits per heavy atom. The standard InChI is InChI=1S/C15H15ClN2O2/c1-2-15(11-4-3-5-12(16)10-11)17-13-6-8-14(9-7-13)18(19)20/h3-10,15,17H,2H2,1H3. The molecule has 1 N–H and O–H groups in total. The minimum Gasteiger partial charge on any atom is -0.378 e. The van der Waals surface area contributed by atoms with E-state index in [1.807, 2.05) is 24.3 Å². The lowest BCUT2D eigenvalue weighted by atomic mass is 10.0. The summed E-state index contributed by atoms with van der Waals surface area (Å²) in [7, 11) is 0. The van der Waals surface area contributed by atoms with E-state index in [1.165, 1.54) is 12.1 Å². The monoisotopic (exact) mass is 290 g/mol. The van der Waals surface area contributed by atoms with Crippen molar-refractivity contribution in [2.45, 2.75) is 19.4 Å². The number of nitrogens with one attached hydrogen (secondary N) is 1. The third-order valence-electron chi connectivity index (χ3n) is 3.08. The molecule has 0 amide bonds. The molecule has 0 fully saturated rings. The average Bonchev–Trinajstić information content (AvgIpc) is 2.45. The Balaban J connectivity index is 2.16. The first-order valence-electron chi connectivity index (χ1n) is 6.36. The fourth-order valence-corrected chi connectivity index (χ4v) is 2.22. The number of nitrogens with zero attached hydrogens (tertiary/aromatic N) is 1. The summed E-state index contributed by atoms with van der Waals surface area (Å²) in [5, 5.41) is 14.7. The quantitative estimate of drug-likeness (QED) is 0.635. The van der Waals surface area contributed by atoms with Gasteiger partial charge >= 0.3 is 0 Å². The van der Waals surface area contributed by atoms with Crippen LogP contribution in [-0.2, 0) is 0 Å². The molecule has 0 bridgehead atoms. The van der Waals surface area contributed by atoms with E-state index in [2.05, 4.69) is 12.2 Å². The first kappa shape index (κ1) is 14.3. The Morgan fingerprint density at radius 2 is 1.95 bits per heavy atom. The molecule has 2 rings (SSSR count). The second kappa shape index (κ2) is 6.39. The van der Waals surface area contributed by atoms with Gasteiger partial charge in [0.15, 0.2) is 0 Å². The van der Waals surface area contributed by atoms with Crippen LogP contribution in [0, 0.1) is 10.1 Å². The number of nitro benzene ring substituents is 1. The minimum absolute atomic E-state index is 0.0892. The molecule has 0 aliphatic rings. The number of rotatable bonds is 5. The van der Waals surface area contributed by atoms with E-state index in [9.17, 15) is 10.1 Å². The van der Waals surface area contributed by atoms with Crippen LogP contribution in [0.2, 0.25) is 5.02 Å². The summed E-state index contributed by atoms with van der Waals surface area (Å²) in [5.41, 5.74) is 2.03. The van der Waals surface area contributed by atoms with Gasteiger partial charge in [-0.1, -0.05) is 30.7 Å². The molecule has 1 atom stereocenters. The maximum atomic E-state index is 10.6. The Morgan fingerprint density at radius 1 is 1.25 bits per heavy atom. The van der Waals surface area contributed by atoms with Crippen LogP contribution in [-0.4, -0.2) is 4.92 Å². The molecule has 0 radical (unpaired) electrons. The van der Waals surface area contributed by atoms with E-state index in [4.69, 9.17) is 11.6 Å². The minimum atomic E-state index is -0.405. The van der Waals surface area contributed by atoms with Crippen molar-refractivity contribution in [1.82, 2.24) is 0 Å². The van der Waals surface area contributed by atoms with Crippen LogP contribution in [0.5, 0.6) is 0 Å². The second-order valence-electron chi connectivity index (χ2n) is 4.46. The predicted octanol–water partition coefficient (Wildman–Crippen LogP) is 4.81. The van der Waals surface area contributed by atoms with Crippen LogP contribution < -0.4 is 5.32 Å². The van der Waals surface area contributed by atoms with Gasteiger partial charge in [-0.05, 0) is 36.2 Å². The first-order valence-corrected chi connectivity index (χ1v) is 6.74. The average molecular weight is 291 g/mol. The van der Waals surface area contributed by atoms with Gasteiger partial charge in [-0.3, -0.25) is 10.1 Å². The molecule has 0 aliphatic carbocycles. The fourth-order valence-electron chi connectivity index (χ4n) is 2.02. The summed E-state index contributed by atoms with van der Waals surface area (Å²) in [6, 6.07) is 14.2. The highest BCUT2D eigenvalue weighted by Gasteiger charge is 2.10. The van der Waals surface area contributed by atoms with Gasteiger partial charge in [0.1, 0.15) is 0 Å². The largest absolute Gasteiger partial charge is 0.378 e. The maximum Gasteiger partial charge on any atom is 0.269 e. The van der Waals surface area contributed by atoms with E-state index in [1.54, 1.807) is 12.1 Å². The van der Waals surface area contributed by atoms with Crippen molar-refractivity contribution in [2.75, 3.05) is 5.32 Å². The molecule has 0 aliphatic heterocycles. The van der Waals surface area contributed by atoms with Crippen molar-refractivity contribution in [3.05, 3.63) is 69.2 Å². The molecule has 5 heteroatoms. The van der Waals surface area contributed by atoms with Gasteiger partial charge in [0, 0.05) is 22.8 Å². The van der Waals surface area contributed by atoms with Gasteiger partial charge < -0.3 is 5.32 Å². The molecule has 2 aromatic rings. The zero-order valence-corrected chi connectivity index (χ0v) is 11.8. The Hall–Kier alpha value is -2.07. The molecule has 0 heterocycles. The van der Waals surface area contributed by atoms with Crippen LogP contribution in [0.1, 0.15) is 24.9 Å². The van der Waals surface area contributed by atoms with Crippen molar-refractivity contribution in [3.63, 3.8) is 0 Å². The van der Waals surface area contributed by atoms with Crippen LogP contribution >= 0.6 is 11.6 Å². The zero-order valence-electron chi connectivity index (χ0n) is 11.0. The van der Waals surface area contributed by atoms with Crippen molar-refractivity contribution in [1.29, 1.82) is 0 Å². The smallest absolute Gasteiger partial charge is 0.269 e. The van der Waals surface area contributed by atoms with Gasteiger partial charge in [-0.25, -0.2) is 0 Å². The van der Waals surface area contributed by atoms with Crippen molar-refractivity contribution < 1.29 is 4.92 Å². The summed E-state index contributed by atoms with van der Waals surface area (Å²) in [4.78, 5) is 10.2. The number of hydrogen-bond acceptors (Lipinski definition) is 3. The molecule has 2 aromatic carbocycles. The number of anilines is 1. The molecule has 104 valence electrons. The summed E-state index contributed by atoms with van der Waals surface area (Å²) in [5.74, 6) is 0. The van der Waals surface area contributed by atoms with Crippen molar-refractivity contribution in [2.24, 2.45) is 0 Å². The van der Waals surface area contributed by atoms with Gasteiger partial charge in [-0.2, -0.15) is 0 Å². The highest BCUT2D eigenvalue weighted by Crippen LogP contribution is 2.25. The lowest BCUT2D eigenvalue weighted by Crippen LogP contribution is -2.09. The zero-order chi connectivity index (χ0) is 14.5. The molecule has 20 heavy (non-hydrogen) atoms. The van der Waals surface area contributed by atoms with Gasteiger partial charge in [-0.15, -0.1) is 0 Å². The van der Waals surface area contributed by atoms with E-state index in [0.717, 1.165) is 17.7 Å². The van der Waals surface area contributed by atoms with Gasteiger partial charge in [0.25, 0.3) is 5.69 Å². The molecule has 0 aromatic heterocycles. The number of hydrogen-bond donors (Lipinski definition) is 1. The second-order valence-corrected chi connectivity index (χ2v) is 4.90. The normalized spacial score (nSPS) is 11.9. The summed E-state index contributed by atoms with van der Waals surface area (Å²) < 4.78 is 0. The number of halogens is 1. The van der Waals surface area contributed by atoms with E-state index in [-0.39, 0.29) is 11.7 Å². The molecular weight excluding hydrogens is 276 g/mol. The Kier molecular flexibility index (Phi) is 4.58. The van der Waals surface area contributed by atoms with Crippen LogP contribution in [0.25, 0.3) is 0 Å². The summed E-state index contributed by atoms with van der Waals surface area (Å²) in [6.07, 6.45) is 0.886. The number of non-ortho nitro benzene ring substituents is 1. The highest BCUT2D eigenvalue weighted by atomic mass is 35.5. The third kappa shape index (κ3) is 3.48. The van der Waals surface area contributed by atoms with Crippen molar-refractivity contribution in [3.8, 4) is 0 Å². The molecule has 0 saturated carbocycles. The topological polar surface area (TPSA) is 55.2 Å². The van der Waals surface area contributed by atoms with Crippen molar-refractivity contribution >= 4 is 23.0 Å². The molecule has 0 spiro atoms. The van der Waals surface area contributed by atoms with E-state index in [0.29, 0.717) is 5.02 Å². The number of nitro groups is 1. The summed E-state index contributed by atoms with van der Waals surface area (Å²) in [6.45, 7) is 2.07. The highest BCUT2D eigenvalue weighted by molar-refractivity contribution is 6.30. The first-order chi connectivity index (χ1) is 9.60. The van der Waals surface area contributed by atoms with Gasteiger partial charge in [0.2, 0.25) is 0 Å². The number of benzene rings is 2. The molecule has 1 unspecified atom stereocenters. The third-order valence-corrected chi connectivity index (χ3v) is 3.31. The Bertz CT molecular complexity index is 599. The maximum absolute atomic E-state index is 10.6.